The van der Waals surface area contributed by atoms with E-state index < -0.39 is 11.9 Å². The number of carbonyl (C=O) groups is 2. The van der Waals surface area contributed by atoms with Gasteiger partial charge in [-0.15, -0.1) is 0 Å². The number of hydrogen-bond acceptors (Lipinski definition) is 8. The Morgan fingerprint density at radius 1 is 0.510 bits per heavy atom. The van der Waals surface area contributed by atoms with E-state index in [1.54, 1.807) is 60.7 Å². The van der Waals surface area contributed by atoms with Crippen LogP contribution in [-0.2, 0) is 0 Å². The predicted octanol–water partition coefficient (Wildman–Crippen LogP) is 9.48. The fourth-order valence-corrected chi connectivity index (χ4v) is 6.37. The monoisotopic (exact) mass is 744 g/mol. The SMILES string of the molecule is O=C([O-])c1ccccc1Nc1cc(Cl)c(OCCCCCCCCCCCOc2c(Cl)cc(Nc3ccccc3C(=O)[O-])cc2Cl)c(Cl)c1. The minimum absolute atomic E-state index is 0.0358. The Hall–Kier alpha value is -3.82. The van der Waals surface area contributed by atoms with E-state index in [0.717, 1.165) is 57.8 Å². The number of halogens is 4. The Kier molecular flexibility index (Phi) is 15.0. The number of para-hydroxylation sites is 2. The first kappa shape index (κ1) is 38.0. The first-order chi connectivity index (χ1) is 23.6. The van der Waals surface area contributed by atoms with Crippen molar-refractivity contribution in [2.24, 2.45) is 0 Å². The van der Waals surface area contributed by atoms with Gasteiger partial charge in [0.25, 0.3) is 0 Å². The molecule has 0 saturated heterocycles. The highest BCUT2D eigenvalue weighted by Gasteiger charge is 2.13. The Morgan fingerprint density at radius 3 is 1.14 bits per heavy atom. The smallest absolute Gasteiger partial charge is 0.156 e. The summed E-state index contributed by atoms with van der Waals surface area (Å²) in [5, 5.41) is 30.1. The van der Waals surface area contributed by atoms with Gasteiger partial charge in [-0.05, 0) is 49.2 Å². The summed E-state index contributed by atoms with van der Waals surface area (Å²) in [4.78, 5) is 22.7. The Bertz CT molecular complexity index is 1560. The molecular weight excluding hydrogens is 710 g/mol. The maximum Gasteiger partial charge on any atom is 0.156 e. The van der Waals surface area contributed by atoms with Crippen molar-refractivity contribution in [1.29, 1.82) is 0 Å². The van der Waals surface area contributed by atoms with Crippen molar-refractivity contribution in [2.75, 3.05) is 23.8 Å². The van der Waals surface area contributed by atoms with Gasteiger partial charge in [0, 0.05) is 33.9 Å². The summed E-state index contributed by atoms with van der Waals surface area (Å²) < 4.78 is 11.7. The van der Waals surface area contributed by atoms with Crippen LogP contribution in [0.1, 0.15) is 78.5 Å². The quantitative estimate of drug-likeness (QED) is 0.0858. The molecule has 0 radical (unpaired) electrons. The van der Waals surface area contributed by atoms with Crippen molar-refractivity contribution in [1.82, 2.24) is 0 Å². The standard InChI is InChI=1S/C37H38Cl4N2O6/c38-28-20-24(42-32-16-10-8-14-26(32)36(44)45)21-29(39)34(28)48-18-12-6-4-2-1-3-5-7-13-19-49-35-30(40)22-25(23-31(35)41)43-33-17-11-9-15-27(33)37(46)47/h8-11,14-17,20-23,42-43H,1-7,12-13,18-19H2,(H,44,45)(H,46,47)/p-2. The summed E-state index contributed by atoms with van der Waals surface area (Å²) >= 11 is 25.7. The summed E-state index contributed by atoms with van der Waals surface area (Å²) in [6, 6.07) is 19.5. The number of rotatable bonds is 20. The van der Waals surface area contributed by atoms with Crippen molar-refractivity contribution < 1.29 is 29.3 Å². The molecule has 0 fully saturated rings. The van der Waals surface area contributed by atoms with Gasteiger partial charge in [-0.3, -0.25) is 0 Å². The lowest BCUT2D eigenvalue weighted by atomic mass is 10.1. The number of carboxylic acids is 2. The van der Waals surface area contributed by atoms with Crippen molar-refractivity contribution in [3.63, 3.8) is 0 Å². The molecule has 0 aliphatic heterocycles. The molecule has 0 bridgehead atoms. The summed E-state index contributed by atoms with van der Waals surface area (Å²) in [7, 11) is 0. The third kappa shape index (κ3) is 11.6. The minimum atomic E-state index is -1.28. The number of ether oxygens (including phenoxy) is 2. The highest BCUT2D eigenvalue weighted by Crippen LogP contribution is 2.38. The van der Waals surface area contributed by atoms with E-state index in [1.807, 2.05) is 0 Å². The van der Waals surface area contributed by atoms with Crippen LogP contribution in [0.3, 0.4) is 0 Å². The highest BCUT2D eigenvalue weighted by atomic mass is 35.5. The number of nitrogens with one attached hydrogen (secondary N) is 2. The number of unbranched alkanes of at least 4 members (excludes halogenated alkanes) is 8. The van der Waals surface area contributed by atoms with E-state index in [9.17, 15) is 19.8 Å². The second-order valence-corrected chi connectivity index (χ2v) is 13.0. The van der Waals surface area contributed by atoms with Gasteiger partial charge in [-0.1, -0.05) is 128 Å². The maximum absolute atomic E-state index is 11.4. The average molecular weight is 747 g/mol. The molecule has 0 spiro atoms. The van der Waals surface area contributed by atoms with E-state index in [-0.39, 0.29) is 11.1 Å². The second kappa shape index (κ2) is 19.4. The zero-order valence-corrected chi connectivity index (χ0v) is 29.7. The largest absolute Gasteiger partial charge is 0.545 e. The molecule has 12 heteroatoms. The molecule has 49 heavy (non-hydrogen) atoms. The van der Waals surface area contributed by atoms with Gasteiger partial charge in [0.2, 0.25) is 0 Å². The van der Waals surface area contributed by atoms with Crippen LogP contribution in [0.5, 0.6) is 11.5 Å². The van der Waals surface area contributed by atoms with Gasteiger partial charge in [0.05, 0.1) is 45.2 Å². The van der Waals surface area contributed by atoms with E-state index in [1.165, 1.54) is 12.1 Å². The lowest BCUT2D eigenvalue weighted by Gasteiger charge is -2.15. The van der Waals surface area contributed by atoms with Crippen LogP contribution in [-0.4, -0.2) is 25.2 Å². The number of anilines is 4. The molecule has 0 unspecified atom stereocenters. The summed E-state index contributed by atoms with van der Waals surface area (Å²) in [6.45, 7) is 0.979. The Morgan fingerprint density at radius 2 is 0.816 bits per heavy atom. The first-order valence-corrected chi connectivity index (χ1v) is 17.5. The zero-order chi connectivity index (χ0) is 35.2. The third-order valence-electron chi connectivity index (χ3n) is 7.63. The minimum Gasteiger partial charge on any atom is -0.545 e. The van der Waals surface area contributed by atoms with E-state index in [0.29, 0.717) is 67.6 Å². The predicted molar refractivity (Wildman–Crippen MR) is 194 cm³/mol. The number of hydrogen-bond donors (Lipinski definition) is 2. The van der Waals surface area contributed by atoms with Crippen molar-refractivity contribution in [3.05, 3.63) is 104 Å². The molecule has 260 valence electrons. The molecular formula is C37H36Cl4N2O6-2. The average Bonchev–Trinajstić information content (AvgIpc) is 3.05. The lowest BCUT2D eigenvalue weighted by molar-refractivity contribution is -0.256. The number of carboxylic acid groups (broad SMARTS) is 2. The van der Waals surface area contributed by atoms with E-state index in [2.05, 4.69) is 10.6 Å². The first-order valence-electron chi connectivity index (χ1n) is 16.0. The van der Waals surface area contributed by atoms with Gasteiger partial charge >= 0.3 is 0 Å². The highest BCUT2D eigenvalue weighted by molar-refractivity contribution is 6.38. The van der Waals surface area contributed by atoms with Crippen LogP contribution in [0.2, 0.25) is 20.1 Å². The number of carbonyl (C=O) groups excluding carboxylic acids is 2. The Balaban J connectivity index is 1.06. The molecule has 8 nitrogen and oxygen atoms in total. The Labute approximate surface area is 306 Å². The zero-order valence-electron chi connectivity index (χ0n) is 26.7. The molecule has 4 aromatic rings. The van der Waals surface area contributed by atoms with Gasteiger partial charge in [-0.2, -0.15) is 0 Å². The van der Waals surface area contributed by atoms with Crippen LogP contribution in [0.15, 0.2) is 72.8 Å². The summed E-state index contributed by atoms with van der Waals surface area (Å²) in [6.07, 6.45) is 9.46. The van der Waals surface area contributed by atoms with E-state index in [4.69, 9.17) is 55.9 Å². The molecule has 2 N–H and O–H groups in total. The molecule has 0 aromatic heterocycles. The van der Waals surface area contributed by atoms with E-state index >= 15 is 0 Å². The molecule has 0 amide bonds. The van der Waals surface area contributed by atoms with Gasteiger partial charge in [-0.25, -0.2) is 0 Å². The molecule has 4 aromatic carbocycles. The molecule has 0 atom stereocenters. The molecule has 0 saturated carbocycles. The van der Waals surface area contributed by atoms with Gasteiger partial charge in [0.15, 0.2) is 11.5 Å². The van der Waals surface area contributed by atoms with Crippen LogP contribution < -0.4 is 30.3 Å². The second-order valence-electron chi connectivity index (χ2n) is 11.3. The molecule has 0 aliphatic rings. The van der Waals surface area contributed by atoms with Crippen LogP contribution in [0.25, 0.3) is 0 Å². The maximum atomic E-state index is 11.4. The molecule has 0 heterocycles. The van der Waals surface area contributed by atoms with Crippen LogP contribution in [0.4, 0.5) is 22.7 Å². The van der Waals surface area contributed by atoms with Gasteiger partial charge < -0.3 is 39.9 Å². The summed E-state index contributed by atoms with van der Waals surface area (Å²) in [5.74, 6) is -1.75. The van der Waals surface area contributed by atoms with Crippen molar-refractivity contribution >= 4 is 81.1 Å². The number of benzene rings is 4. The van der Waals surface area contributed by atoms with Crippen LogP contribution >= 0.6 is 46.4 Å². The topological polar surface area (TPSA) is 123 Å². The fraction of sp³-hybridized carbons (Fsp3) is 0.297. The normalized spacial score (nSPS) is 10.9. The van der Waals surface area contributed by atoms with Crippen LogP contribution in [0, 0.1) is 0 Å². The lowest BCUT2D eigenvalue weighted by Crippen LogP contribution is -2.23. The fourth-order valence-electron chi connectivity index (χ4n) is 5.18. The van der Waals surface area contributed by atoms with Crippen molar-refractivity contribution in [2.45, 2.75) is 57.8 Å². The summed E-state index contributed by atoms with van der Waals surface area (Å²) in [5.41, 5.74) is 1.91. The molecule has 4 rings (SSSR count). The van der Waals surface area contributed by atoms with Gasteiger partial charge in [0.1, 0.15) is 0 Å². The van der Waals surface area contributed by atoms with Crippen molar-refractivity contribution in [3.8, 4) is 11.5 Å². The third-order valence-corrected chi connectivity index (χ3v) is 8.75. The number of aromatic carboxylic acids is 2. The molecule has 0 aliphatic carbocycles.